The molecule has 0 radical (unpaired) electrons. The Labute approximate surface area is 119 Å². The zero-order valence-corrected chi connectivity index (χ0v) is 11.2. The van der Waals surface area contributed by atoms with Crippen LogP contribution in [0.1, 0.15) is 5.56 Å². The first-order chi connectivity index (χ1) is 9.58. The van der Waals surface area contributed by atoms with Crippen LogP contribution >= 0.6 is 11.8 Å². The average Bonchev–Trinajstić information content (AvgIpc) is 2.67. The number of carboxylic acids is 1. The smallest absolute Gasteiger partial charge is 0.323 e. The molecule has 1 saturated heterocycles. The number of carbonyl (C=O) groups excluding carboxylic acids is 2. The number of carboxylic acid groups (broad SMARTS) is 1. The van der Waals surface area contributed by atoms with Gasteiger partial charge in [-0.3, -0.25) is 19.3 Å². The Kier molecular flexibility index (Phi) is 4.37. The van der Waals surface area contributed by atoms with E-state index in [-0.39, 0.29) is 4.91 Å². The van der Waals surface area contributed by atoms with E-state index >= 15 is 0 Å². The first-order valence-electron chi connectivity index (χ1n) is 5.77. The van der Waals surface area contributed by atoms with Crippen molar-refractivity contribution in [2.45, 2.75) is 0 Å². The number of rotatable bonds is 4. The largest absolute Gasteiger partial charge is 0.480 e. The lowest BCUT2D eigenvalue weighted by Gasteiger charge is -2.07. The lowest BCUT2D eigenvalue weighted by molar-refractivity contribution is -0.140. The summed E-state index contributed by atoms with van der Waals surface area (Å²) in [6.07, 6.45) is 4.97. The number of hydrogen-bond donors (Lipinski definition) is 1. The number of nitrogens with zero attached hydrogens (tertiary/aromatic N) is 1. The number of amides is 2. The summed E-state index contributed by atoms with van der Waals surface area (Å²) in [5, 5.41) is 8.07. The Morgan fingerprint density at radius 3 is 2.60 bits per heavy atom. The highest BCUT2D eigenvalue weighted by Gasteiger charge is 2.35. The van der Waals surface area contributed by atoms with Gasteiger partial charge in [0.15, 0.2) is 0 Å². The van der Waals surface area contributed by atoms with Crippen LogP contribution in [0.5, 0.6) is 0 Å². The first kappa shape index (κ1) is 14.1. The van der Waals surface area contributed by atoms with Gasteiger partial charge in [-0.1, -0.05) is 42.5 Å². The Bertz CT molecular complexity index is 607. The van der Waals surface area contributed by atoms with Gasteiger partial charge in [0.2, 0.25) is 0 Å². The number of benzene rings is 1. The molecule has 2 amide bonds. The molecule has 6 heteroatoms. The molecule has 1 aromatic carbocycles. The minimum Gasteiger partial charge on any atom is -0.480 e. The molecule has 1 heterocycles. The van der Waals surface area contributed by atoms with E-state index in [1.165, 1.54) is 6.08 Å². The van der Waals surface area contributed by atoms with Crippen LogP contribution in [-0.2, 0) is 9.59 Å². The minimum absolute atomic E-state index is 0.225. The third-order valence-corrected chi connectivity index (χ3v) is 3.43. The maximum absolute atomic E-state index is 11.8. The Hall–Kier alpha value is -2.34. The lowest BCUT2D eigenvalue weighted by Crippen LogP contribution is -2.33. The van der Waals surface area contributed by atoms with Crippen LogP contribution in [0, 0.1) is 0 Å². The van der Waals surface area contributed by atoms with Gasteiger partial charge in [0.1, 0.15) is 6.54 Å². The van der Waals surface area contributed by atoms with Crippen molar-refractivity contribution in [1.29, 1.82) is 0 Å². The van der Waals surface area contributed by atoms with Crippen LogP contribution in [0.25, 0.3) is 6.08 Å². The number of hydrogen-bond acceptors (Lipinski definition) is 4. The summed E-state index contributed by atoms with van der Waals surface area (Å²) in [5.74, 6) is -1.78. The first-order valence-corrected chi connectivity index (χ1v) is 6.58. The second-order valence-electron chi connectivity index (χ2n) is 3.95. The van der Waals surface area contributed by atoms with Crippen molar-refractivity contribution in [2.75, 3.05) is 6.54 Å². The molecule has 20 heavy (non-hydrogen) atoms. The summed E-state index contributed by atoms with van der Waals surface area (Å²) in [6, 6.07) is 9.48. The predicted octanol–water partition coefficient (Wildman–Crippen LogP) is 2.36. The van der Waals surface area contributed by atoms with E-state index in [0.717, 1.165) is 22.2 Å². The average molecular weight is 289 g/mol. The number of carbonyl (C=O) groups is 3. The fourth-order valence-corrected chi connectivity index (χ4v) is 2.39. The Balaban J connectivity index is 2.08. The molecule has 1 aromatic rings. The van der Waals surface area contributed by atoms with Crippen molar-refractivity contribution < 1.29 is 19.5 Å². The molecular weight excluding hydrogens is 278 g/mol. The zero-order chi connectivity index (χ0) is 14.5. The predicted molar refractivity (Wildman–Crippen MR) is 75.9 cm³/mol. The van der Waals surface area contributed by atoms with Gasteiger partial charge in [-0.05, 0) is 23.4 Å². The highest BCUT2D eigenvalue weighted by molar-refractivity contribution is 8.18. The van der Waals surface area contributed by atoms with Crippen molar-refractivity contribution in [3.8, 4) is 0 Å². The zero-order valence-electron chi connectivity index (χ0n) is 10.4. The normalized spacial score (nSPS) is 17.4. The second kappa shape index (κ2) is 6.21. The van der Waals surface area contributed by atoms with Crippen molar-refractivity contribution >= 4 is 35.0 Å². The number of imide groups is 1. The fraction of sp³-hybridized carbons (Fsp3) is 0.0714. The Morgan fingerprint density at radius 1 is 1.25 bits per heavy atom. The molecule has 0 bridgehead atoms. The molecule has 0 aliphatic carbocycles. The summed E-state index contributed by atoms with van der Waals surface area (Å²) in [5.41, 5.74) is 0.966. The van der Waals surface area contributed by atoms with Crippen LogP contribution in [0.3, 0.4) is 0 Å². The quantitative estimate of drug-likeness (QED) is 0.861. The second-order valence-corrected chi connectivity index (χ2v) is 4.95. The van der Waals surface area contributed by atoms with Crippen molar-refractivity contribution in [2.24, 2.45) is 0 Å². The lowest BCUT2D eigenvalue weighted by atomic mass is 10.2. The van der Waals surface area contributed by atoms with E-state index in [1.54, 1.807) is 12.2 Å². The van der Waals surface area contributed by atoms with E-state index in [2.05, 4.69) is 0 Å². The summed E-state index contributed by atoms with van der Waals surface area (Å²) < 4.78 is 0. The van der Waals surface area contributed by atoms with E-state index in [0.29, 0.717) is 0 Å². The van der Waals surface area contributed by atoms with Gasteiger partial charge in [-0.2, -0.15) is 0 Å². The van der Waals surface area contributed by atoms with Gasteiger partial charge in [0.25, 0.3) is 11.1 Å². The number of thioether (sulfide) groups is 1. The van der Waals surface area contributed by atoms with E-state index in [9.17, 15) is 14.4 Å². The molecule has 102 valence electrons. The molecule has 5 nitrogen and oxygen atoms in total. The molecule has 1 aliphatic rings. The van der Waals surface area contributed by atoms with Crippen molar-refractivity contribution in [3.05, 3.63) is 53.0 Å². The molecule has 0 spiro atoms. The molecular formula is C14H11NO4S. The summed E-state index contributed by atoms with van der Waals surface area (Å²) in [4.78, 5) is 34.8. The van der Waals surface area contributed by atoms with Crippen molar-refractivity contribution in [1.82, 2.24) is 4.90 Å². The number of aliphatic carboxylic acids is 1. The molecule has 2 rings (SSSR count). The molecule has 0 saturated carbocycles. The minimum atomic E-state index is -1.21. The van der Waals surface area contributed by atoms with Gasteiger partial charge in [0, 0.05) is 0 Å². The van der Waals surface area contributed by atoms with Gasteiger partial charge in [-0.25, -0.2) is 0 Å². The highest BCUT2D eigenvalue weighted by atomic mass is 32.2. The third kappa shape index (κ3) is 3.36. The topological polar surface area (TPSA) is 74.7 Å². The highest BCUT2D eigenvalue weighted by Crippen LogP contribution is 2.30. The third-order valence-electron chi connectivity index (χ3n) is 2.50. The van der Waals surface area contributed by atoms with Gasteiger partial charge in [0.05, 0.1) is 4.91 Å². The molecule has 1 fully saturated rings. The van der Waals surface area contributed by atoms with Crippen LogP contribution in [-0.4, -0.2) is 33.7 Å². The molecule has 1 N–H and O–H groups in total. The van der Waals surface area contributed by atoms with E-state index in [4.69, 9.17) is 5.11 Å². The van der Waals surface area contributed by atoms with Gasteiger partial charge in [-0.15, -0.1) is 0 Å². The maximum atomic E-state index is 11.8. The van der Waals surface area contributed by atoms with E-state index < -0.39 is 23.7 Å². The molecule has 0 aromatic heterocycles. The fourth-order valence-electron chi connectivity index (χ4n) is 1.60. The summed E-state index contributed by atoms with van der Waals surface area (Å²) in [6.45, 7) is -0.607. The van der Waals surface area contributed by atoms with E-state index in [1.807, 2.05) is 30.3 Å². The maximum Gasteiger partial charge on any atom is 0.323 e. The van der Waals surface area contributed by atoms with Crippen LogP contribution < -0.4 is 0 Å². The molecule has 1 aliphatic heterocycles. The van der Waals surface area contributed by atoms with Crippen LogP contribution in [0.4, 0.5) is 4.79 Å². The van der Waals surface area contributed by atoms with Gasteiger partial charge >= 0.3 is 5.97 Å². The summed E-state index contributed by atoms with van der Waals surface area (Å²) in [7, 11) is 0. The SMILES string of the molecule is O=C(O)CN1C(=O)SC(=CC=Cc2ccccc2)C1=O. The summed E-state index contributed by atoms with van der Waals surface area (Å²) >= 11 is 0.743. The number of allylic oxidation sites excluding steroid dienone is 2. The van der Waals surface area contributed by atoms with Crippen LogP contribution in [0.2, 0.25) is 0 Å². The van der Waals surface area contributed by atoms with Crippen LogP contribution in [0.15, 0.2) is 47.4 Å². The molecule has 0 unspecified atom stereocenters. The Morgan fingerprint density at radius 2 is 1.95 bits per heavy atom. The van der Waals surface area contributed by atoms with Gasteiger partial charge < -0.3 is 5.11 Å². The monoisotopic (exact) mass is 289 g/mol. The molecule has 0 atom stereocenters. The standard InChI is InChI=1S/C14H11NO4S/c16-12(17)9-15-13(18)11(20-14(15)19)8-4-7-10-5-2-1-3-6-10/h1-8H,9H2,(H,16,17). The van der Waals surface area contributed by atoms with Crippen molar-refractivity contribution in [3.63, 3.8) is 0 Å².